The van der Waals surface area contributed by atoms with Gasteiger partial charge < -0.3 is 10.2 Å². The van der Waals surface area contributed by atoms with Gasteiger partial charge in [0.15, 0.2) is 0 Å². The summed E-state index contributed by atoms with van der Waals surface area (Å²) in [5.41, 5.74) is 2.96. The first kappa shape index (κ1) is 17.7. The van der Waals surface area contributed by atoms with Crippen molar-refractivity contribution in [2.75, 3.05) is 0 Å². The van der Waals surface area contributed by atoms with E-state index in [1.165, 1.54) is 0 Å². The minimum atomic E-state index is -4.78. The molecule has 1 rings (SSSR count). The van der Waals surface area contributed by atoms with Crippen LogP contribution in [-0.4, -0.2) is 35.1 Å². The van der Waals surface area contributed by atoms with E-state index in [1.54, 1.807) is 0 Å². The minimum absolute atomic E-state index is 0.125. The van der Waals surface area contributed by atoms with E-state index in [9.17, 15) is 18.0 Å². The molecule has 0 bridgehead atoms. The van der Waals surface area contributed by atoms with Crippen molar-refractivity contribution in [3.05, 3.63) is 29.3 Å². The number of benzene rings is 1. The summed E-state index contributed by atoms with van der Waals surface area (Å²) in [7, 11) is -4.78. The van der Waals surface area contributed by atoms with Gasteiger partial charge in [-0.25, -0.2) is 9.59 Å². The zero-order valence-corrected chi connectivity index (χ0v) is 14.1. The molecule has 9 heteroatoms. The fourth-order valence-electron chi connectivity index (χ4n) is 1.14. The van der Waals surface area contributed by atoms with Gasteiger partial charge in [0.2, 0.25) is 0 Å². The summed E-state index contributed by atoms with van der Waals surface area (Å²) >= 11 is 0.125. The summed E-state index contributed by atoms with van der Waals surface area (Å²) in [5.74, 6) is -3.34. The van der Waals surface area contributed by atoms with E-state index in [0.717, 1.165) is 18.2 Å². The Morgan fingerprint density at radius 1 is 1.11 bits per heavy atom. The van der Waals surface area contributed by atoms with E-state index in [0.29, 0.717) is 0 Å². The van der Waals surface area contributed by atoms with Gasteiger partial charge in [0.25, 0.3) is 10.1 Å². The topological polar surface area (TPSA) is 129 Å². The number of rotatable bonds is 3. The van der Waals surface area contributed by atoms with Crippen LogP contribution in [0.4, 0.5) is 0 Å². The molecule has 19 heavy (non-hydrogen) atoms. The fourth-order valence-corrected chi connectivity index (χ4v) is 1.85. The molecule has 0 aliphatic rings. The maximum atomic E-state index is 10.8. The monoisotopic (exact) mass is 340 g/mol. The molecule has 0 aliphatic heterocycles. The first-order valence-corrected chi connectivity index (χ1v) is 12.6. The Balaban J connectivity index is 0.000000982. The van der Waals surface area contributed by atoms with Gasteiger partial charge in [-0.3, -0.25) is 4.55 Å². The van der Waals surface area contributed by atoms with Crippen molar-refractivity contribution < 1.29 is 49.9 Å². The molecule has 0 saturated heterocycles. The summed E-state index contributed by atoms with van der Waals surface area (Å²) in [6.07, 6.45) is 0. The molecular weight excluding hydrogens is 330 g/mol. The fraction of sp³-hybridized carbons (Fsp3) is 0.200. The predicted octanol–water partition coefficient (Wildman–Crippen LogP) is 1.49. The average molecular weight is 342 g/mol. The van der Waals surface area contributed by atoms with Crippen molar-refractivity contribution >= 4 is 22.1 Å². The summed E-state index contributed by atoms with van der Waals surface area (Å²) in [6.45, 7) is 0. The molecule has 0 amide bonds. The second-order valence-corrected chi connectivity index (χ2v) is 7.83. The Hall–Kier alpha value is -1.31. The summed E-state index contributed by atoms with van der Waals surface area (Å²) in [4.78, 5) is 20.5. The second kappa shape index (κ2) is 7.32. The van der Waals surface area contributed by atoms with Gasteiger partial charge in [0.05, 0.1) is 11.1 Å². The third kappa shape index (κ3) is 5.06. The molecule has 0 aromatic heterocycles. The van der Waals surface area contributed by atoms with Crippen LogP contribution in [0.3, 0.4) is 0 Å². The van der Waals surface area contributed by atoms with E-state index in [2.05, 4.69) is 11.0 Å². The molecule has 0 spiro atoms. The Morgan fingerprint density at radius 2 is 1.58 bits per heavy atom. The number of aromatic carboxylic acids is 2. The number of hydrogen-bond acceptors (Lipinski definition) is 4. The molecule has 1 aromatic carbocycles. The van der Waals surface area contributed by atoms with Gasteiger partial charge in [-0.2, -0.15) is 8.42 Å². The third-order valence-electron chi connectivity index (χ3n) is 1.75. The van der Waals surface area contributed by atoms with Gasteiger partial charge in [0.1, 0.15) is 4.90 Å². The van der Waals surface area contributed by atoms with Crippen LogP contribution < -0.4 is 0 Å². The molecule has 0 saturated carbocycles. The Labute approximate surface area is 117 Å². The van der Waals surface area contributed by atoms with Gasteiger partial charge in [-0.15, -0.1) is 0 Å². The van der Waals surface area contributed by atoms with Crippen molar-refractivity contribution in [2.45, 2.75) is 15.9 Å². The van der Waals surface area contributed by atoms with Crippen LogP contribution in [0.5, 0.6) is 0 Å². The summed E-state index contributed by atoms with van der Waals surface area (Å²) in [5, 5.41) is 17.4. The molecule has 0 atom stereocenters. The summed E-state index contributed by atoms with van der Waals surface area (Å²) in [6, 6.07) is 2.77. The molecule has 0 heterocycles. The van der Waals surface area contributed by atoms with Crippen LogP contribution in [0.2, 0.25) is 11.0 Å². The van der Waals surface area contributed by atoms with Crippen LogP contribution >= 0.6 is 0 Å². The SMILES string of the molecule is O=C(O)c1cccc(S(=O)(=O)O)c1C(=O)O.[CH3][Zn][CH3]. The van der Waals surface area contributed by atoms with Crippen molar-refractivity contribution in [2.24, 2.45) is 0 Å². The predicted molar refractivity (Wildman–Crippen MR) is 61.9 cm³/mol. The maximum absolute atomic E-state index is 10.8. The van der Waals surface area contributed by atoms with Gasteiger partial charge in [0, 0.05) is 0 Å². The number of carboxylic acids is 2. The Morgan fingerprint density at radius 3 is 1.89 bits per heavy atom. The first-order valence-electron chi connectivity index (χ1n) is 5.23. The quantitative estimate of drug-likeness (QED) is 0.561. The first-order chi connectivity index (χ1) is 8.66. The Kier molecular flexibility index (Phi) is 6.82. The Bertz CT molecular complexity index is 580. The van der Waals surface area contributed by atoms with Gasteiger partial charge in [-0.1, -0.05) is 6.07 Å². The van der Waals surface area contributed by atoms with E-state index >= 15 is 0 Å². The number of hydrogen-bond donors (Lipinski definition) is 3. The zero-order valence-electron chi connectivity index (χ0n) is 10.3. The van der Waals surface area contributed by atoms with E-state index in [-0.39, 0.29) is 17.1 Å². The van der Waals surface area contributed by atoms with Crippen LogP contribution in [0, 0.1) is 0 Å². The average Bonchev–Trinajstić information content (AvgIpc) is 2.27. The van der Waals surface area contributed by atoms with Gasteiger partial charge >= 0.3 is 40.1 Å². The van der Waals surface area contributed by atoms with Crippen molar-refractivity contribution in [1.82, 2.24) is 0 Å². The number of carboxylic acid groups (broad SMARTS) is 2. The molecule has 1 aromatic rings. The third-order valence-corrected chi connectivity index (χ3v) is 2.64. The molecule has 0 unspecified atom stereocenters. The zero-order chi connectivity index (χ0) is 15.2. The number of carbonyl (C=O) groups is 2. The normalized spacial score (nSPS) is 9.84. The van der Waals surface area contributed by atoms with Crippen LogP contribution in [0.1, 0.15) is 20.7 Å². The van der Waals surface area contributed by atoms with Crippen LogP contribution in [0.15, 0.2) is 23.1 Å². The molecule has 0 radical (unpaired) electrons. The molecule has 102 valence electrons. The molecule has 0 fully saturated rings. The second-order valence-electron chi connectivity index (χ2n) is 3.47. The molecular formula is C10H12O7SZn. The molecule has 3 N–H and O–H groups in total. The van der Waals surface area contributed by atoms with Crippen LogP contribution in [-0.2, 0) is 27.2 Å². The van der Waals surface area contributed by atoms with Crippen molar-refractivity contribution in [1.29, 1.82) is 0 Å². The molecule has 7 nitrogen and oxygen atoms in total. The van der Waals surface area contributed by atoms with Crippen molar-refractivity contribution in [3.63, 3.8) is 0 Å². The van der Waals surface area contributed by atoms with Crippen LogP contribution in [0.25, 0.3) is 0 Å². The molecule has 0 aliphatic carbocycles. The van der Waals surface area contributed by atoms with Gasteiger partial charge in [-0.05, 0) is 12.1 Å². The van der Waals surface area contributed by atoms with Crippen molar-refractivity contribution in [3.8, 4) is 0 Å². The van der Waals surface area contributed by atoms with E-state index < -0.39 is 38.1 Å². The summed E-state index contributed by atoms with van der Waals surface area (Å²) < 4.78 is 30.4. The van der Waals surface area contributed by atoms with E-state index in [4.69, 9.17) is 14.8 Å². The standard InChI is InChI=1S/C8H6O7S.2CH3.Zn/c9-7(10)4-2-1-3-5(16(13,14)15)6(4)8(11)12;;;/h1-3H,(H,9,10)(H,11,12)(H,13,14,15);2*1H3;. The van der Waals surface area contributed by atoms with E-state index in [1.807, 2.05) is 0 Å².